The minimum atomic E-state index is -3.59. The Morgan fingerprint density at radius 1 is 1.17 bits per heavy atom. The van der Waals surface area contributed by atoms with Crippen molar-refractivity contribution in [2.75, 3.05) is 17.6 Å². The normalized spacial score (nSPS) is 14.3. The number of carbonyl (C=O) groups is 1. The number of anilines is 1. The number of hydrogen-bond donors (Lipinski definition) is 2. The fraction of sp³-hybridized carbons (Fsp3) is 0.500. The Kier molecular flexibility index (Phi) is 9.50. The fourth-order valence-corrected chi connectivity index (χ4v) is 3.57. The molecule has 198 valence electrons. The molecule has 0 radical (unpaired) electrons. The summed E-state index contributed by atoms with van der Waals surface area (Å²) < 4.78 is 39.5. The number of carbonyl (C=O) groups excluding carboxylic acids is 1. The van der Waals surface area contributed by atoms with Gasteiger partial charge in [-0.25, -0.2) is 27.1 Å². The molecule has 1 aromatic heterocycles. The maximum absolute atomic E-state index is 14.5. The van der Waals surface area contributed by atoms with E-state index < -0.39 is 33.5 Å². The number of nitrogens with zero attached hydrogens (tertiary/aromatic N) is 3. The third-order valence-electron chi connectivity index (χ3n) is 5.67. The molecule has 0 saturated heterocycles. The lowest BCUT2D eigenvalue weighted by Crippen LogP contribution is -2.27. The molecule has 2 unspecified atom stereocenters. The lowest BCUT2D eigenvalue weighted by Gasteiger charge is -2.19. The number of hydrogen-bond acceptors (Lipinski definition) is 7. The molecule has 10 heteroatoms. The molecule has 0 amide bonds. The summed E-state index contributed by atoms with van der Waals surface area (Å²) in [6, 6.07) is 6.05. The van der Waals surface area contributed by atoms with Crippen molar-refractivity contribution in [2.24, 2.45) is 5.41 Å². The van der Waals surface area contributed by atoms with Crippen LogP contribution >= 0.6 is 0 Å². The summed E-state index contributed by atoms with van der Waals surface area (Å²) in [6.45, 7) is 9.12. The second kappa shape index (κ2) is 11.6. The Balaban J connectivity index is 2.32. The van der Waals surface area contributed by atoms with Crippen molar-refractivity contribution in [3.05, 3.63) is 47.4 Å². The van der Waals surface area contributed by atoms with Crippen molar-refractivity contribution >= 4 is 27.8 Å². The monoisotopic (exact) mass is 521 g/mol. The van der Waals surface area contributed by atoms with Crippen LogP contribution in [0.15, 0.2) is 30.3 Å². The van der Waals surface area contributed by atoms with Crippen LogP contribution in [0.2, 0.25) is 0 Å². The van der Waals surface area contributed by atoms with Crippen molar-refractivity contribution in [2.45, 2.75) is 65.6 Å². The third-order valence-corrected chi connectivity index (χ3v) is 6.82. The van der Waals surface area contributed by atoms with Crippen molar-refractivity contribution in [3.63, 3.8) is 0 Å². The van der Waals surface area contributed by atoms with Crippen LogP contribution in [-0.2, 0) is 14.8 Å². The lowest BCUT2D eigenvalue weighted by atomic mass is 9.87. The van der Waals surface area contributed by atoms with Gasteiger partial charge >= 0.3 is 0 Å². The number of aliphatic hydroxyl groups is 2. The average Bonchev–Trinajstić information content (AvgIpc) is 2.76. The standard InChI is InChI=1S/C26H36FN3O5S/c1-16(2)22-15-23(29-25(28-22)30(6)36(7,34)35)18-9-11-21(27)17(12-18)8-10-19(31)13-20(32)14-24(33)26(3,4)5/h8-12,15-16,19-20,31-32H,13-14H2,1-7H3/b10-8+. The highest BCUT2D eigenvalue weighted by atomic mass is 32.2. The first kappa shape index (κ1) is 29.5. The highest BCUT2D eigenvalue weighted by Crippen LogP contribution is 2.27. The lowest BCUT2D eigenvalue weighted by molar-refractivity contribution is -0.128. The van der Waals surface area contributed by atoms with Crippen LogP contribution in [-0.4, -0.2) is 59.9 Å². The summed E-state index contributed by atoms with van der Waals surface area (Å²) in [5, 5.41) is 20.4. The number of aliphatic hydroxyl groups excluding tert-OH is 2. The zero-order valence-corrected chi connectivity index (χ0v) is 22.7. The Hall–Kier alpha value is -2.69. The Bertz CT molecular complexity index is 1220. The smallest absolute Gasteiger partial charge is 0.239 e. The topological polar surface area (TPSA) is 121 Å². The predicted octanol–water partition coefficient (Wildman–Crippen LogP) is 3.93. The zero-order chi connectivity index (χ0) is 27.4. The van der Waals surface area contributed by atoms with Gasteiger partial charge in [-0.05, 0) is 30.2 Å². The number of aromatic nitrogens is 2. The van der Waals surface area contributed by atoms with Crippen LogP contribution in [0.3, 0.4) is 0 Å². The predicted molar refractivity (Wildman–Crippen MR) is 140 cm³/mol. The van der Waals surface area contributed by atoms with E-state index >= 15 is 0 Å². The van der Waals surface area contributed by atoms with Crippen molar-refractivity contribution in [1.82, 2.24) is 9.97 Å². The number of Topliss-reactive ketones (excluding diaryl/α,β-unsaturated/α-hetero) is 1. The SMILES string of the molecule is CC(C)c1cc(-c2ccc(F)c(/C=C/C(O)CC(O)CC(=O)C(C)(C)C)c2)nc(N(C)S(C)(=O)=O)n1. The first-order chi connectivity index (χ1) is 16.5. The first-order valence-electron chi connectivity index (χ1n) is 11.7. The van der Waals surface area contributed by atoms with Crippen LogP contribution in [0.25, 0.3) is 17.3 Å². The van der Waals surface area contributed by atoms with Gasteiger partial charge in [-0.2, -0.15) is 0 Å². The average molecular weight is 522 g/mol. The van der Waals surface area contributed by atoms with E-state index in [4.69, 9.17) is 0 Å². The van der Waals surface area contributed by atoms with Crippen LogP contribution in [0.5, 0.6) is 0 Å². The molecule has 2 aromatic rings. The van der Waals surface area contributed by atoms with Gasteiger partial charge in [0.2, 0.25) is 16.0 Å². The molecular weight excluding hydrogens is 485 g/mol. The molecule has 2 rings (SSSR count). The van der Waals surface area contributed by atoms with E-state index in [1.165, 1.54) is 37.4 Å². The molecule has 2 atom stereocenters. The molecule has 36 heavy (non-hydrogen) atoms. The van der Waals surface area contributed by atoms with Gasteiger partial charge < -0.3 is 10.2 Å². The van der Waals surface area contributed by atoms with Gasteiger partial charge in [0, 0.05) is 42.1 Å². The molecule has 0 spiro atoms. The van der Waals surface area contributed by atoms with E-state index in [0.717, 1.165) is 10.6 Å². The number of rotatable bonds is 10. The first-order valence-corrected chi connectivity index (χ1v) is 13.5. The largest absolute Gasteiger partial charge is 0.393 e. The van der Waals surface area contributed by atoms with E-state index in [0.29, 0.717) is 17.0 Å². The summed E-state index contributed by atoms with van der Waals surface area (Å²) in [4.78, 5) is 20.8. The second-order valence-corrected chi connectivity index (χ2v) is 12.3. The van der Waals surface area contributed by atoms with Crippen molar-refractivity contribution in [3.8, 4) is 11.3 Å². The number of ketones is 1. The van der Waals surface area contributed by atoms with E-state index in [1.807, 2.05) is 13.8 Å². The number of sulfonamides is 1. The van der Waals surface area contributed by atoms with Gasteiger partial charge in [-0.1, -0.05) is 46.8 Å². The third kappa shape index (κ3) is 8.18. The zero-order valence-electron chi connectivity index (χ0n) is 21.9. The molecule has 0 aliphatic carbocycles. The molecule has 0 fully saturated rings. The summed E-state index contributed by atoms with van der Waals surface area (Å²) in [7, 11) is -2.23. The Morgan fingerprint density at radius 2 is 1.81 bits per heavy atom. The maximum atomic E-state index is 14.5. The minimum absolute atomic E-state index is 0.00864. The minimum Gasteiger partial charge on any atom is -0.393 e. The summed E-state index contributed by atoms with van der Waals surface area (Å²) in [5.41, 5.74) is 1.17. The fourth-order valence-electron chi connectivity index (χ4n) is 3.19. The van der Waals surface area contributed by atoms with E-state index in [9.17, 15) is 27.8 Å². The Morgan fingerprint density at radius 3 is 2.36 bits per heavy atom. The van der Waals surface area contributed by atoms with E-state index in [-0.39, 0.29) is 36.1 Å². The summed E-state index contributed by atoms with van der Waals surface area (Å²) in [5.74, 6) is -0.645. The van der Waals surface area contributed by atoms with Gasteiger partial charge in [-0.15, -0.1) is 0 Å². The van der Waals surface area contributed by atoms with Gasteiger partial charge in [0.1, 0.15) is 11.6 Å². The maximum Gasteiger partial charge on any atom is 0.239 e. The van der Waals surface area contributed by atoms with Gasteiger partial charge in [0.05, 0.1) is 24.2 Å². The van der Waals surface area contributed by atoms with Crippen LogP contribution in [0, 0.1) is 11.2 Å². The van der Waals surface area contributed by atoms with Crippen molar-refractivity contribution < 1.29 is 27.8 Å². The van der Waals surface area contributed by atoms with Crippen LogP contribution < -0.4 is 4.31 Å². The summed E-state index contributed by atoms with van der Waals surface area (Å²) >= 11 is 0. The van der Waals surface area contributed by atoms with Gasteiger partial charge in [0.15, 0.2) is 0 Å². The molecular formula is C26H36FN3O5S. The molecule has 0 bridgehead atoms. The van der Waals surface area contributed by atoms with Crippen LogP contribution in [0.4, 0.5) is 10.3 Å². The molecule has 2 N–H and O–H groups in total. The van der Waals surface area contributed by atoms with Crippen LogP contribution in [0.1, 0.15) is 64.6 Å². The molecule has 8 nitrogen and oxygen atoms in total. The highest BCUT2D eigenvalue weighted by Gasteiger charge is 2.24. The Labute approximate surface area is 213 Å². The van der Waals surface area contributed by atoms with Crippen molar-refractivity contribution in [1.29, 1.82) is 0 Å². The quantitative estimate of drug-likeness (QED) is 0.486. The summed E-state index contributed by atoms with van der Waals surface area (Å²) in [6.07, 6.45) is 1.57. The number of halogens is 1. The van der Waals surface area contributed by atoms with Gasteiger partial charge in [0.25, 0.3) is 0 Å². The number of benzene rings is 1. The molecule has 1 aromatic carbocycles. The van der Waals surface area contributed by atoms with E-state index in [1.54, 1.807) is 26.8 Å². The molecule has 0 saturated carbocycles. The molecule has 0 aliphatic rings. The molecule has 0 aliphatic heterocycles. The second-order valence-electron chi connectivity index (χ2n) is 10.3. The highest BCUT2D eigenvalue weighted by molar-refractivity contribution is 7.92. The van der Waals surface area contributed by atoms with Gasteiger partial charge in [-0.3, -0.25) is 4.79 Å². The molecule has 1 heterocycles. The van der Waals surface area contributed by atoms with E-state index in [2.05, 4.69) is 9.97 Å².